The number of aromatic hydroxyl groups is 1. The minimum Gasteiger partial charge on any atom is -0.507 e. The highest BCUT2D eigenvalue weighted by molar-refractivity contribution is 6.31. The van der Waals surface area contributed by atoms with Gasteiger partial charge in [0.1, 0.15) is 5.75 Å². The van der Waals surface area contributed by atoms with Crippen molar-refractivity contribution in [3.05, 3.63) is 34.6 Å². The topological polar surface area (TPSA) is 88.3 Å². The molecule has 1 aromatic carbocycles. The molecule has 9 heteroatoms. The molecule has 1 heterocycles. The minimum absolute atomic E-state index is 0.149. The van der Waals surface area contributed by atoms with Crippen molar-refractivity contribution in [1.29, 1.82) is 0 Å². The van der Waals surface area contributed by atoms with Gasteiger partial charge in [-0.2, -0.15) is 4.98 Å². The van der Waals surface area contributed by atoms with Gasteiger partial charge in [0.2, 0.25) is 5.82 Å². The molecule has 2 N–H and O–H groups in total. The van der Waals surface area contributed by atoms with E-state index in [4.69, 9.17) is 11.6 Å². The third kappa shape index (κ3) is 2.97. The number of amides is 1. The molecule has 0 aliphatic carbocycles. The Labute approximate surface area is 110 Å². The first-order chi connectivity index (χ1) is 8.97. The molecule has 2 aromatic rings. The number of carbonyl (C=O) groups is 1. The van der Waals surface area contributed by atoms with Gasteiger partial charge in [0, 0.05) is 5.02 Å². The van der Waals surface area contributed by atoms with Gasteiger partial charge >= 0.3 is 12.4 Å². The number of hydrogen-bond donors (Lipinski definition) is 2. The zero-order valence-corrected chi connectivity index (χ0v) is 9.86. The highest BCUT2D eigenvalue weighted by Gasteiger charge is 2.19. The summed E-state index contributed by atoms with van der Waals surface area (Å²) in [5.41, 5.74) is -0.149. The normalized spacial score (nSPS) is 10.7. The molecule has 0 saturated heterocycles. The third-order valence-corrected chi connectivity index (χ3v) is 2.30. The number of halogens is 3. The quantitative estimate of drug-likeness (QED) is 0.906. The Balaban J connectivity index is 2.18. The van der Waals surface area contributed by atoms with Crippen LogP contribution in [-0.2, 0) is 0 Å². The molecule has 0 spiro atoms. The van der Waals surface area contributed by atoms with E-state index in [1.54, 1.807) is 0 Å². The van der Waals surface area contributed by atoms with Crippen molar-refractivity contribution in [1.82, 2.24) is 10.1 Å². The van der Waals surface area contributed by atoms with Crippen LogP contribution in [0.4, 0.5) is 14.8 Å². The van der Waals surface area contributed by atoms with Crippen LogP contribution in [0.2, 0.25) is 5.02 Å². The number of nitrogens with one attached hydrogen (secondary N) is 1. The summed E-state index contributed by atoms with van der Waals surface area (Å²) in [6, 6.07) is 3.31. The second-order valence-electron chi connectivity index (χ2n) is 3.37. The van der Waals surface area contributed by atoms with Crippen molar-refractivity contribution in [2.45, 2.75) is 6.43 Å². The van der Waals surface area contributed by atoms with Gasteiger partial charge in [0.25, 0.3) is 5.91 Å². The lowest BCUT2D eigenvalue weighted by molar-refractivity contribution is 0.102. The summed E-state index contributed by atoms with van der Waals surface area (Å²) < 4.78 is 28.8. The Morgan fingerprint density at radius 2 is 2.21 bits per heavy atom. The lowest BCUT2D eigenvalue weighted by Gasteiger charge is -2.03. The van der Waals surface area contributed by atoms with Gasteiger partial charge in [-0.25, -0.2) is 8.78 Å². The first-order valence-electron chi connectivity index (χ1n) is 4.89. The highest BCUT2D eigenvalue weighted by Crippen LogP contribution is 2.23. The lowest BCUT2D eigenvalue weighted by atomic mass is 10.2. The first-order valence-corrected chi connectivity index (χ1v) is 5.27. The number of phenolic OH excluding ortho intramolecular Hbond substituents is 1. The average Bonchev–Trinajstić information content (AvgIpc) is 2.80. The molecule has 1 aromatic heterocycles. The number of alkyl halides is 2. The Morgan fingerprint density at radius 3 is 2.84 bits per heavy atom. The zero-order valence-electron chi connectivity index (χ0n) is 9.10. The predicted molar refractivity (Wildman–Crippen MR) is 60.3 cm³/mol. The number of benzene rings is 1. The molecule has 0 aliphatic rings. The van der Waals surface area contributed by atoms with Gasteiger partial charge in [-0.15, -0.1) is 0 Å². The number of aromatic nitrogens is 2. The number of nitrogens with zero attached hydrogens (tertiary/aromatic N) is 2. The van der Waals surface area contributed by atoms with E-state index in [9.17, 15) is 18.7 Å². The molecule has 19 heavy (non-hydrogen) atoms. The Morgan fingerprint density at radius 1 is 1.47 bits per heavy atom. The summed E-state index contributed by atoms with van der Waals surface area (Å²) in [6.07, 6.45) is -2.91. The molecule has 0 saturated carbocycles. The minimum atomic E-state index is -2.91. The largest absolute Gasteiger partial charge is 0.507 e. The summed E-state index contributed by atoms with van der Waals surface area (Å²) in [5, 5.41) is 14.7. The average molecular weight is 290 g/mol. The molecule has 0 unspecified atom stereocenters. The van der Waals surface area contributed by atoms with Crippen molar-refractivity contribution in [3.8, 4) is 5.75 Å². The SMILES string of the molecule is O=C(Nc1nc(C(F)F)no1)c1cc(Cl)ccc1O. The van der Waals surface area contributed by atoms with E-state index < -0.39 is 24.2 Å². The van der Waals surface area contributed by atoms with Crippen LogP contribution in [0.1, 0.15) is 22.6 Å². The van der Waals surface area contributed by atoms with Crippen LogP contribution in [0.15, 0.2) is 22.7 Å². The maximum Gasteiger partial charge on any atom is 0.328 e. The standard InChI is InChI=1S/C10H6ClF2N3O3/c11-4-1-2-6(17)5(3-4)9(18)15-10-14-8(7(12)13)16-19-10/h1-3,7,17H,(H,14,15,16,18). The molecule has 0 fully saturated rings. The van der Waals surface area contributed by atoms with Crippen LogP contribution in [-0.4, -0.2) is 21.2 Å². The first kappa shape index (κ1) is 13.2. The van der Waals surface area contributed by atoms with Crippen molar-refractivity contribution in [2.24, 2.45) is 0 Å². The lowest BCUT2D eigenvalue weighted by Crippen LogP contribution is -2.12. The van der Waals surface area contributed by atoms with Crippen molar-refractivity contribution in [2.75, 3.05) is 5.32 Å². The van der Waals surface area contributed by atoms with Gasteiger partial charge in [-0.1, -0.05) is 16.8 Å². The molecular weight excluding hydrogens is 284 g/mol. The molecular formula is C10H6ClF2N3O3. The van der Waals surface area contributed by atoms with Gasteiger partial charge in [0.05, 0.1) is 5.56 Å². The fraction of sp³-hybridized carbons (Fsp3) is 0.100. The summed E-state index contributed by atoms with van der Waals surface area (Å²) in [7, 11) is 0. The molecule has 0 aliphatic heterocycles. The molecule has 6 nitrogen and oxygen atoms in total. The van der Waals surface area contributed by atoms with Crippen molar-refractivity contribution < 1.29 is 23.2 Å². The second kappa shape index (κ2) is 5.19. The zero-order chi connectivity index (χ0) is 14.0. The number of phenols is 1. The van der Waals surface area contributed by atoms with E-state index in [2.05, 4.69) is 20.0 Å². The summed E-state index contributed by atoms with van der Waals surface area (Å²) in [4.78, 5) is 15.0. The highest BCUT2D eigenvalue weighted by atomic mass is 35.5. The van der Waals surface area contributed by atoms with Crippen LogP contribution in [0.25, 0.3) is 0 Å². The van der Waals surface area contributed by atoms with Gasteiger partial charge in [-0.3, -0.25) is 10.1 Å². The monoisotopic (exact) mass is 289 g/mol. The van der Waals surface area contributed by atoms with Crippen LogP contribution in [0, 0.1) is 0 Å². The van der Waals surface area contributed by atoms with Gasteiger partial charge in [0.15, 0.2) is 0 Å². The van der Waals surface area contributed by atoms with Crippen molar-refractivity contribution in [3.63, 3.8) is 0 Å². The molecule has 1 amide bonds. The summed E-state index contributed by atoms with van der Waals surface area (Å²) >= 11 is 5.67. The second-order valence-corrected chi connectivity index (χ2v) is 3.81. The predicted octanol–water partition coefficient (Wildman–Crippen LogP) is 2.62. The summed E-state index contributed by atoms with van der Waals surface area (Å²) in [5.74, 6) is -1.98. The molecule has 2 rings (SSSR count). The summed E-state index contributed by atoms with van der Waals surface area (Å²) in [6.45, 7) is 0. The van der Waals surface area contributed by atoms with Crippen LogP contribution >= 0.6 is 11.6 Å². The third-order valence-electron chi connectivity index (χ3n) is 2.06. The number of carbonyl (C=O) groups excluding carboxylic acids is 1. The van der Waals surface area contributed by atoms with Crippen LogP contribution in [0.5, 0.6) is 5.75 Å². The van der Waals surface area contributed by atoms with E-state index >= 15 is 0 Å². The van der Waals surface area contributed by atoms with Crippen molar-refractivity contribution >= 4 is 23.5 Å². The fourth-order valence-electron chi connectivity index (χ4n) is 1.23. The Hall–Kier alpha value is -2.22. The van der Waals surface area contributed by atoms with E-state index in [1.807, 2.05) is 0 Å². The maximum atomic E-state index is 12.2. The molecule has 100 valence electrons. The number of anilines is 1. The van der Waals surface area contributed by atoms with E-state index in [1.165, 1.54) is 18.2 Å². The smallest absolute Gasteiger partial charge is 0.328 e. The fourth-order valence-corrected chi connectivity index (χ4v) is 1.40. The Kier molecular flexibility index (Phi) is 3.61. The van der Waals surface area contributed by atoms with E-state index in [-0.39, 0.29) is 16.3 Å². The maximum absolute atomic E-state index is 12.2. The Bertz CT molecular complexity index is 618. The van der Waals surface area contributed by atoms with Crippen LogP contribution < -0.4 is 5.32 Å². The molecule has 0 bridgehead atoms. The van der Waals surface area contributed by atoms with E-state index in [0.29, 0.717) is 0 Å². The van der Waals surface area contributed by atoms with Crippen LogP contribution in [0.3, 0.4) is 0 Å². The number of rotatable bonds is 3. The van der Waals surface area contributed by atoms with Gasteiger partial charge in [-0.05, 0) is 18.2 Å². The van der Waals surface area contributed by atoms with E-state index in [0.717, 1.165) is 0 Å². The van der Waals surface area contributed by atoms with Gasteiger partial charge < -0.3 is 9.63 Å². The number of hydrogen-bond acceptors (Lipinski definition) is 5. The molecule has 0 radical (unpaired) electrons. The molecule has 0 atom stereocenters.